The lowest BCUT2D eigenvalue weighted by molar-refractivity contribution is -0.149. The smallest absolute Gasteiger partial charge is 0.226 e. The molecule has 1 heterocycles. The molecule has 1 aromatic carbocycles. The van der Waals surface area contributed by atoms with Crippen molar-refractivity contribution in [2.24, 2.45) is 29.6 Å². The summed E-state index contributed by atoms with van der Waals surface area (Å²) in [6.07, 6.45) is 3.45. The topological polar surface area (TPSA) is 96.5 Å². The molecule has 0 N–H and O–H groups in total. The van der Waals surface area contributed by atoms with Crippen molar-refractivity contribution in [1.82, 2.24) is 14.7 Å². The van der Waals surface area contributed by atoms with Gasteiger partial charge in [0.1, 0.15) is 5.78 Å². The van der Waals surface area contributed by atoms with Gasteiger partial charge >= 0.3 is 0 Å². The fourth-order valence-corrected chi connectivity index (χ4v) is 8.42. The second kappa shape index (κ2) is 21.4. The van der Waals surface area contributed by atoms with Crippen molar-refractivity contribution in [3.8, 4) is 0 Å². The first kappa shape index (κ1) is 44.8. The van der Waals surface area contributed by atoms with Gasteiger partial charge in [-0.25, -0.2) is 0 Å². The zero-order valence-electron chi connectivity index (χ0n) is 33.6. The molecule has 1 unspecified atom stereocenters. The Balaban J connectivity index is 2.21. The molecule has 0 aliphatic carbocycles. The van der Waals surface area contributed by atoms with Crippen LogP contribution < -0.4 is 0 Å². The van der Waals surface area contributed by atoms with E-state index in [1.54, 1.807) is 26.2 Å². The second-order valence-electron chi connectivity index (χ2n) is 15.7. The third kappa shape index (κ3) is 12.1. The first-order valence-corrected chi connectivity index (χ1v) is 19.5. The van der Waals surface area contributed by atoms with Gasteiger partial charge in [-0.3, -0.25) is 24.1 Å². The number of halogens is 1. The molecule has 8 atom stereocenters. The lowest BCUT2D eigenvalue weighted by atomic mass is 9.83. The lowest BCUT2D eigenvalue weighted by Crippen LogP contribution is -2.54. The number of methoxy groups -OCH3 is 2. The SMILES string of the molecule is CC[C@H](C)[C@@H]([C@@H](CC(=O)N1CCC[C@H]1[C@H](OC)[C@@H](C)C(=O)CCCc1ccccc1Cl)OC)N(C)C(=O)C(CC(=O)[C@H](C(C)C)N(C)C)C(C)C. The van der Waals surface area contributed by atoms with Crippen molar-refractivity contribution in [2.45, 2.75) is 130 Å². The number of aryl methyl sites for hydroxylation is 1. The molecule has 2 amide bonds. The summed E-state index contributed by atoms with van der Waals surface area (Å²) in [5.74, 6) is -0.743. The average molecular weight is 734 g/mol. The van der Waals surface area contributed by atoms with E-state index >= 15 is 0 Å². The highest BCUT2D eigenvalue weighted by atomic mass is 35.5. The number of hydrogen-bond donors (Lipinski definition) is 0. The zero-order valence-corrected chi connectivity index (χ0v) is 34.4. The van der Waals surface area contributed by atoms with Crippen LogP contribution in [0, 0.1) is 29.6 Å². The van der Waals surface area contributed by atoms with Gasteiger partial charge in [0.05, 0.1) is 36.8 Å². The van der Waals surface area contributed by atoms with Crippen LogP contribution in [0.4, 0.5) is 0 Å². The lowest BCUT2D eigenvalue weighted by Gasteiger charge is -2.41. The van der Waals surface area contributed by atoms with Crippen LogP contribution in [0.1, 0.15) is 99.0 Å². The molecule has 1 aliphatic heterocycles. The van der Waals surface area contributed by atoms with Crippen molar-refractivity contribution in [3.63, 3.8) is 0 Å². The molecule has 1 aliphatic rings. The van der Waals surface area contributed by atoms with Gasteiger partial charge in [0.15, 0.2) is 5.78 Å². The van der Waals surface area contributed by atoms with Gasteiger partial charge in [-0.05, 0) is 69.2 Å². The normalized spacial score (nSPS) is 19.1. The van der Waals surface area contributed by atoms with E-state index in [1.165, 1.54) is 0 Å². The highest BCUT2D eigenvalue weighted by Crippen LogP contribution is 2.31. The van der Waals surface area contributed by atoms with Crippen LogP contribution in [0.15, 0.2) is 24.3 Å². The van der Waals surface area contributed by atoms with Crippen LogP contribution in [-0.2, 0) is 35.1 Å². The third-order valence-electron chi connectivity index (χ3n) is 11.2. The number of nitrogens with zero attached hydrogens (tertiary/aromatic N) is 3. The first-order valence-electron chi connectivity index (χ1n) is 19.1. The van der Waals surface area contributed by atoms with Gasteiger partial charge in [0.2, 0.25) is 11.8 Å². The number of likely N-dealkylation sites (tertiary alicyclic amines) is 1. The van der Waals surface area contributed by atoms with Gasteiger partial charge in [-0.1, -0.05) is 84.7 Å². The largest absolute Gasteiger partial charge is 0.379 e. The minimum Gasteiger partial charge on any atom is -0.379 e. The third-order valence-corrected chi connectivity index (χ3v) is 11.6. The first-order chi connectivity index (χ1) is 24.0. The Morgan fingerprint density at radius 2 is 1.57 bits per heavy atom. The van der Waals surface area contributed by atoms with E-state index < -0.39 is 18.1 Å². The van der Waals surface area contributed by atoms with Gasteiger partial charge in [-0.2, -0.15) is 0 Å². The summed E-state index contributed by atoms with van der Waals surface area (Å²) >= 11 is 6.32. The molecular formula is C41H68ClN3O6. The number of likely N-dealkylation sites (N-methyl/N-ethyl adjacent to an activating group) is 2. The Labute approximate surface area is 314 Å². The maximum atomic E-state index is 14.3. The van der Waals surface area contributed by atoms with Gasteiger partial charge < -0.3 is 19.3 Å². The molecule has 51 heavy (non-hydrogen) atoms. The Bertz CT molecular complexity index is 1260. The van der Waals surface area contributed by atoms with E-state index in [9.17, 15) is 19.2 Å². The van der Waals surface area contributed by atoms with Crippen molar-refractivity contribution in [3.05, 3.63) is 34.9 Å². The molecule has 0 aromatic heterocycles. The number of rotatable bonds is 22. The summed E-state index contributed by atoms with van der Waals surface area (Å²) in [6.45, 7) is 14.7. The van der Waals surface area contributed by atoms with E-state index in [0.29, 0.717) is 24.4 Å². The van der Waals surface area contributed by atoms with E-state index in [-0.39, 0.29) is 78.0 Å². The minimum atomic E-state index is -0.554. The Hall–Kier alpha value is -2.33. The minimum absolute atomic E-state index is 0.0370. The molecular weight excluding hydrogens is 666 g/mol. The fraction of sp³-hybridized carbons (Fsp3) is 0.756. The van der Waals surface area contributed by atoms with E-state index in [1.807, 2.05) is 82.8 Å². The molecule has 9 nitrogen and oxygen atoms in total. The predicted molar refractivity (Wildman–Crippen MR) is 206 cm³/mol. The summed E-state index contributed by atoms with van der Waals surface area (Å²) in [5.41, 5.74) is 1.03. The van der Waals surface area contributed by atoms with Crippen LogP contribution in [-0.4, -0.2) is 110 Å². The predicted octanol–water partition coefficient (Wildman–Crippen LogP) is 6.97. The Kier molecular flexibility index (Phi) is 18.8. The van der Waals surface area contributed by atoms with Crippen LogP contribution in [0.25, 0.3) is 0 Å². The average Bonchev–Trinajstić information content (AvgIpc) is 3.56. The molecule has 0 spiro atoms. The molecule has 0 radical (unpaired) electrons. The number of benzene rings is 1. The molecule has 10 heteroatoms. The number of ketones is 2. The molecule has 0 bridgehead atoms. The molecule has 1 fully saturated rings. The zero-order chi connectivity index (χ0) is 38.6. The van der Waals surface area contributed by atoms with Crippen LogP contribution in [0.2, 0.25) is 5.02 Å². The molecule has 1 saturated heterocycles. The van der Waals surface area contributed by atoms with E-state index in [0.717, 1.165) is 31.2 Å². The molecule has 2 rings (SSSR count). The summed E-state index contributed by atoms with van der Waals surface area (Å²) in [4.78, 5) is 60.8. The second-order valence-corrected chi connectivity index (χ2v) is 16.1. The maximum absolute atomic E-state index is 14.3. The summed E-state index contributed by atoms with van der Waals surface area (Å²) in [5, 5.41) is 0.711. The number of ether oxygens (including phenoxy) is 2. The fourth-order valence-electron chi connectivity index (χ4n) is 8.19. The molecule has 290 valence electrons. The highest BCUT2D eigenvalue weighted by Gasteiger charge is 2.43. The summed E-state index contributed by atoms with van der Waals surface area (Å²) < 4.78 is 12.0. The van der Waals surface area contributed by atoms with Crippen LogP contribution in [0.3, 0.4) is 0 Å². The molecule has 1 aromatic rings. The Morgan fingerprint density at radius 1 is 0.922 bits per heavy atom. The highest BCUT2D eigenvalue weighted by molar-refractivity contribution is 6.31. The monoisotopic (exact) mass is 733 g/mol. The Morgan fingerprint density at radius 3 is 2.10 bits per heavy atom. The van der Waals surface area contributed by atoms with Crippen molar-refractivity contribution in [1.29, 1.82) is 0 Å². The van der Waals surface area contributed by atoms with E-state index in [2.05, 4.69) is 13.8 Å². The van der Waals surface area contributed by atoms with Crippen molar-refractivity contribution < 1.29 is 28.7 Å². The number of carbonyl (C=O) groups is 4. The van der Waals surface area contributed by atoms with E-state index in [4.69, 9.17) is 21.1 Å². The number of amides is 2. The number of carbonyl (C=O) groups excluding carboxylic acids is 4. The van der Waals surface area contributed by atoms with Gasteiger partial charge in [0, 0.05) is 57.5 Å². The molecule has 0 saturated carbocycles. The van der Waals surface area contributed by atoms with Crippen LogP contribution >= 0.6 is 11.6 Å². The van der Waals surface area contributed by atoms with Crippen molar-refractivity contribution >= 4 is 35.0 Å². The van der Waals surface area contributed by atoms with Gasteiger partial charge in [0.25, 0.3) is 0 Å². The quantitative estimate of drug-likeness (QED) is 0.127. The van der Waals surface area contributed by atoms with Gasteiger partial charge in [-0.15, -0.1) is 0 Å². The maximum Gasteiger partial charge on any atom is 0.226 e. The standard InChI is InChI=1S/C41H68ClN3O6/c1-13-28(6)39(44(10)41(49)31(26(2)3)24-35(47)38(27(4)5)43(8)9)36(50-11)25-37(48)45-23-17-21-33(45)40(51-12)29(7)34(46)22-16-19-30-18-14-15-20-32(30)42/h14-15,18,20,26-29,31,33,36,38-40H,13,16-17,19,21-25H2,1-12H3/t28-,29-,31?,33-,36+,38-,39-,40+/m0/s1. The van der Waals surface area contributed by atoms with Crippen LogP contribution in [0.5, 0.6) is 0 Å². The summed E-state index contributed by atoms with van der Waals surface area (Å²) in [7, 11) is 8.82. The summed E-state index contributed by atoms with van der Waals surface area (Å²) in [6, 6.07) is 6.83. The number of Topliss-reactive ketones (excluding diaryl/α,β-unsaturated/α-hetero) is 2. The number of hydrogen-bond acceptors (Lipinski definition) is 7. The van der Waals surface area contributed by atoms with Crippen molar-refractivity contribution in [2.75, 3.05) is 41.9 Å².